The van der Waals surface area contributed by atoms with Crippen molar-refractivity contribution in [3.8, 4) is 0 Å². The SMILES string of the molecule is CCC=C(CCCCCC)C(=O)OO. The van der Waals surface area contributed by atoms with E-state index in [-0.39, 0.29) is 0 Å². The molecule has 0 radical (unpaired) electrons. The van der Waals surface area contributed by atoms with Crippen LogP contribution in [0.4, 0.5) is 0 Å². The molecule has 0 fully saturated rings. The zero-order valence-corrected chi connectivity index (χ0v) is 9.08. The van der Waals surface area contributed by atoms with Crippen LogP contribution < -0.4 is 0 Å². The van der Waals surface area contributed by atoms with E-state index in [9.17, 15) is 4.79 Å². The molecule has 0 aromatic rings. The van der Waals surface area contributed by atoms with Crippen LogP contribution in [0, 0.1) is 0 Å². The van der Waals surface area contributed by atoms with Crippen LogP contribution in [0.3, 0.4) is 0 Å². The number of rotatable bonds is 7. The Bertz CT molecular complexity index is 185. The first kappa shape index (κ1) is 13.2. The predicted octanol–water partition coefficient (Wildman–Crippen LogP) is 3.31. The Labute approximate surface area is 85.7 Å². The quantitative estimate of drug-likeness (QED) is 0.297. The van der Waals surface area contributed by atoms with Crippen molar-refractivity contribution in [3.63, 3.8) is 0 Å². The van der Waals surface area contributed by atoms with E-state index in [1.807, 2.05) is 13.0 Å². The summed E-state index contributed by atoms with van der Waals surface area (Å²) >= 11 is 0. The fourth-order valence-corrected chi connectivity index (χ4v) is 1.33. The topological polar surface area (TPSA) is 46.5 Å². The number of hydrogen-bond donors (Lipinski definition) is 1. The van der Waals surface area contributed by atoms with Crippen LogP contribution in [0.1, 0.15) is 52.4 Å². The Morgan fingerprint density at radius 1 is 1.29 bits per heavy atom. The molecule has 0 spiro atoms. The zero-order valence-electron chi connectivity index (χ0n) is 9.08. The molecule has 1 N–H and O–H groups in total. The summed E-state index contributed by atoms with van der Waals surface area (Å²) in [6.45, 7) is 4.10. The van der Waals surface area contributed by atoms with E-state index >= 15 is 0 Å². The molecule has 0 aliphatic carbocycles. The first-order chi connectivity index (χ1) is 6.76. The van der Waals surface area contributed by atoms with E-state index in [0.29, 0.717) is 12.0 Å². The van der Waals surface area contributed by atoms with Crippen LogP contribution in [-0.4, -0.2) is 11.2 Å². The van der Waals surface area contributed by atoms with Crippen molar-refractivity contribution in [2.75, 3.05) is 0 Å². The van der Waals surface area contributed by atoms with Gasteiger partial charge in [0.15, 0.2) is 0 Å². The Morgan fingerprint density at radius 2 is 2.00 bits per heavy atom. The van der Waals surface area contributed by atoms with Gasteiger partial charge in [-0.3, -0.25) is 4.89 Å². The van der Waals surface area contributed by atoms with Gasteiger partial charge in [0, 0.05) is 5.57 Å². The van der Waals surface area contributed by atoms with Gasteiger partial charge in [-0.2, -0.15) is 5.26 Å². The van der Waals surface area contributed by atoms with Crippen LogP contribution in [0.2, 0.25) is 0 Å². The summed E-state index contributed by atoms with van der Waals surface area (Å²) in [4.78, 5) is 14.7. The van der Waals surface area contributed by atoms with E-state index < -0.39 is 5.97 Å². The minimum Gasteiger partial charge on any atom is -0.296 e. The van der Waals surface area contributed by atoms with Gasteiger partial charge >= 0.3 is 5.97 Å². The first-order valence-corrected chi connectivity index (χ1v) is 5.31. The molecule has 0 unspecified atom stereocenters. The van der Waals surface area contributed by atoms with Gasteiger partial charge < -0.3 is 0 Å². The standard InChI is InChI=1S/C11H20O3/c1-3-5-6-7-9-10(8-4-2)11(12)14-13/h8,13H,3-7,9H2,1-2H3. The molecule has 0 bridgehead atoms. The number of carbonyl (C=O) groups excluding carboxylic acids is 1. The van der Waals surface area contributed by atoms with Gasteiger partial charge in [0.25, 0.3) is 0 Å². The number of unbranched alkanes of at least 4 members (excludes halogenated alkanes) is 3. The lowest BCUT2D eigenvalue weighted by Crippen LogP contribution is -2.05. The molecule has 3 nitrogen and oxygen atoms in total. The molecule has 3 heteroatoms. The summed E-state index contributed by atoms with van der Waals surface area (Å²) in [6.07, 6.45) is 7.77. The van der Waals surface area contributed by atoms with E-state index in [0.717, 1.165) is 19.3 Å². The summed E-state index contributed by atoms with van der Waals surface area (Å²) in [5, 5.41) is 8.24. The molecule has 0 atom stereocenters. The third kappa shape index (κ3) is 5.75. The molecule has 0 aliphatic rings. The van der Waals surface area contributed by atoms with Gasteiger partial charge in [0.2, 0.25) is 0 Å². The highest BCUT2D eigenvalue weighted by molar-refractivity contribution is 5.87. The molecule has 14 heavy (non-hydrogen) atoms. The molecule has 0 heterocycles. The third-order valence-electron chi connectivity index (χ3n) is 2.10. The van der Waals surface area contributed by atoms with Crippen molar-refractivity contribution in [2.45, 2.75) is 52.4 Å². The van der Waals surface area contributed by atoms with Crippen molar-refractivity contribution in [3.05, 3.63) is 11.6 Å². The molecule has 82 valence electrons. The lowest BCUT2D eigenvalue weighted by atomic mass is 10.1. The fourth-order valence-electron chi connectivity index (χ4n) is 1.33. The smallest absolute Gasteiger partial charge is 0.296 e. The van der Waals surface area contributed by atoms with Crippen LogP contribution in [-0.2, 0) is 9.68 Å². The van der Waals surface area contributed by atoms with Crippen molar-refractivity contribution in [1.29, 1.82) is 0 Å². The fraction of sp³-hybridized carbons (Fsp3) is 0.727. The maximum absolute atomic E-state index is 11.0. The molecule has 0 amide bonds. The highest BCUT2D eigenvalue weighted by Crippen LogP contribution is 2.12. The zero-order chi connectivity index (χ0) is 10.8. The van der Waals surface area contributed by atoms with E-state index in [1.54, 1.807) is 0 Å². The molecule has 0 rings (SSSR count). The van der Waals surface area contributed by atoms with E-state index in [4.69, 9.17) is 5.26 Å². The van der Waals surface area contributed by atoms with Crippen molar-refractivity contribution in [2.24, 2.45) is 0 Å². The molecule has 0 aliphatic heterocycles. The van der Waals surface area contributed by atoms with Crippen LogP contribution >= 0.6 is 0 Å². The maximum Gasteiger partial charge on any atom is 0.368 e. The van der Waals surface area contributed by atoms with Gasteiger partial charge in [0.1, 0.15) is 0 Å². The number of carbonyl (C=O) groups is 1. The highest BCUT2D eigenvalue weighted by atomic mass is 17.1. The van der Waals surface area contributed by atoms with Crippen LogP contribution in [0.25, 0.3) is 0 Å². The monoisotopic (exact) mass is 200 g/mol. The molecule has 0 aromatic heterocycles. The van der Waals surface area contributed by atoms with Gasteiger partial charge in [-0.15, -0.1) is 0 Å². The number of allylic oxidation sites excluding steroid dienone is 1. The Hall–Kier alpha value is -0.830. The second-order valence-corrected chi connectivity index (χ2v) is 3.33. The molecular formula is C11H20O3. The molecule has 0 aromatic carbocycles. The Morgan fingerprint density at radius 3 is 2.50 bits per heavy atom. The second-order valence-electron chi connectivity index (χ2n) is 3.33. The summed E-state index contributed by atoms with van der Waals surface area (Å²) in [6, 6.07) is 0. The average Bonchev–Trinajstić information content (AvgIpc) is 2.21. The van der Waals surface area contributed by atoms with Crippen LogP contribution in [0.5, 0.6) is 0 Å². The summed E-state index contributed by atoms with van der Waals surface area (Å²) in [5.74, 6) is -0.608. The predicted molar refractivity (Wildman–Crippen MR) is 55.9 cm³/mol. The molecule has 0 saturated heterocycles. The minimum atomic E-state index is -0.608. The average molecular weight is 200 g/mol. The van der Waals surface area contributed by atoms with Crippen molar-refractivity contribution >= 4 is 5.97 Å². The first-order valence-electron chi connectivity index (χ1n) is 5.31. The second kappa shape index (κ2) is 8.75. The van der Waals surface area contributed by atoms with Gasteiger partial charge in [-0.25, -0.2) is 4.79 Å². The largest absolute Gasteiger partial charge is 0.368 e. The Kier molecular flexibility index (Phi) is 8.24. The van der Waals surface area contributed by atoms with Crippen LogP contribution in [0.15, 0.2) is 11.6 Å². The number of hydrogen-bond acceptors (Lipinski definition) is 3. The van der Waals surface area contributed by atoms with Crippen molar-refractivity contribution < 1.29 is 14.9 Å². The third-order valence-corrected chi connectivity index (χ3v) is 2.10. The highest BCUT2D eigenvalue weighted by Gasteiger charge is 2.09. The normalized spacial score (nSPS) is 11.5. The molecule has 0 saturated carbocycles. The van der Waals surface area contributed by atoms with Crippen molar-refractivity contribution in [1.82, 2.24) is 0 Å². The summed E-state index contributed by atoms with van der Waals surface area (Å²) in [7, 11) is 0. The lowest BCUT2D eigenvalue weighted by Gasteiger charge is -2.03. The maximum atomic E-state index is 11.0. The minimum absolute atomic E-state index is 0.589. The van der Waals surface area contributed by atoms with Gasteiger partial charge in [-0.1, -0.05) is 39.2 Å². The molecular weight excluding hydrogens is 180 g/mol. The summed E-state index contributed by atoms with van der Waals surface area (Å²) < 4.78 is 0. The Balaban J connectivity index is 3.86. The van der Waals surface area contributed by atoms with E-state index in [2.05, 4.69) is 11.8 Å². The van der Waals surface area contributed by atoms with E-state index in [1.165, 1.54) is 12.8 Å². The lowest BCUT2D eigenvalue weighted by molar-refractivity contribution is -0.229. The van der Waals surface area contributed by atoms with Gasteiger partial charge in [0.05, 0.1) is 0 Å². The van der Waals surface area contributed by atoms with Gasteiger partial charge in [-0.05, 0) is 19.3 Å². The summed E-state index contributed by atoms with van der Waals surface area (Å²) in [5.41, 5.74) is 0.589.